The van der Waals surface area contributed by atoms with E-state index in [1.807, 2.05) is 12.1 Å². The highest BCUT2D eigenvalue weighted by molar-refractivity contribution is 6.33. The van der Waals surface area contributed by atoms with Gasteiger partial charge >= 0.3 is 0 Å². The van der Waals surface area contributed by atoms with Gasteiger partial charge in [0.05, 0.1) is 17.3 Å². The normalized spacial score (nSPS) is 13.2. The molecular weight excluding hydrogens is 288 g/mol. The second kappa shape index (κ2) is 6.31. The highest BCUT2D eigenvalue weighted by Crippen LogP contribution is 2.38. The lowest BCUT2D eigenvalue weighted by atomic mass is 10.2. The zero-order valence-electron chi connectivity index (χ0n) is 12.1. The molecule has 0 atom stereocenters. The van der Waals surface area contributed by atoms with Crippen LogP contribution in [0.5, 0.6) is 11.5 Å². The van der Waals surface area contributed by atoms with E-state index in [0.29, 0.717) is 24.0 Å². The molecule has 112 valence electrons. The van der Waals surface area contributed by atoms with E-state index in [2.05, 4.69) is 35.1 Å². The maximum Gasteiger partial charge on any atom is 0.163 e. The van der Waals surface area contributed by atoms with E-state index in [1.54, 1.807) is 0 Å². The van der Waals surface area contributed by atoms with Crippen LogP contribution in [0.25, 0.3) is 0 Å². The molecule has 0 amide bonds. The zero-order valence-corrected chi connectivity index (χ0v) is 12.8. The molecule has 0 bridgehead atoms. The number of aromatic nitrogens is 1. The monoisotopic (exact) mass is 306 g/mol. The van der Waals surface area contributed by atoms with Gasteiger partial charge in [-0.25, -0.2) is 0 Å². The lowest BCUT2D eigenvalue weighted by molar-refractivity contribution is 0.171. The van der Waals surface area contributed by atoms with E-state index in [0.717, 1.165) is 30.9 Å². The number of anilines is 1. The summed E-state index contributed by atoms with van der Waals surface area (Å²) in [6.45, 7) is 5.08. The minimum absolute atomic E-state index is 0.570. The quantitative estimate of drug-likeness (QED) is 0.909. The summed E-state index contributed by atoms with van der Waals surface area (Å²) in [5.74, 6) is 1.46. The number of nitrogens with zero attached hydrogens (tertiary/aromatic N) is 1. The Labute approximate surface area is 129 Å². The molecule has 1 aromatic heterocycles. The van der Waals surface area contributed by atoms with E-state index in [1.165, 1.54) is 5.69 Å². The maximum atomic E-state index is 6.30. The van der Waals surface area contributed by atoms with Crippen LogP contribution in [0.1, 0.15) is 19.0 Å². The predicted molar refractivity (Wildman–Crippen MR) is 84.5 cm³/mol. The number of hydrogen-bond donors (Lipinski definition) is 1. The fourth-order valence-corrected chi connectivity index (χ4v) is 2.67. The van der Waals surface area contributed by atoms with Crippen molar-refractivity contribution in [1.29, 1.82) is 0 Å². The molecule has 0 saturated carbocycles. The van der Waals surface area contributed by atoms with Gasteiger partial charge in [0.2, 0.25) is 0 Å². The van der Waals surface area contributed by atoms with Crippen molar-refractivity contribution in [2.75, 3.05) is 18.5 Å². The molecule has 0 saturated heterocycles. The van der Waals surface area contributed by atoms with Gasteiger partial charge < -0.3 is 19.4 Å². The molecule has 2 aromatic rings. The number of hydrogen-bond acceptors (Lipinski definition) is 3. The molecule has 4 nitrogen and oxygen atoms in total. The van der Waals surface area contributed by atoms with Crippen LogP contribution in [0.3, 0.4) is 0 Å². The summed E-state index contributed by atoms with van der Waals surface area (Å²) in [7, 11) is 0. The van der Waals surface area contributed by atoms with Crippen LogP contribution in [0, 0.1) is 0 Å². The molecule has 1 aromatic carbocycles. The standard InChI is InChI=1S/C16H19ClN2O2/c1-2-5-19-6-3-4-12(19)11-18-14-10-16-15(9-13(14)17)20-7-8-21-16/h3-4,6,9-10,18H,2,5,7-8,11H2,1H3. The summed E-state index contributed by atoms with van der Waals surface area (Å²) in [4.78, 5) is 0. The minimum atomic E-state index is 0.570. The van der Waals surface area contributed by atoms with Crippen LogP contribution >= 0.6 is 11.6 Å². The van der Waals surface area contributed by atoms with E-state index < -0.39 is 0 Å². The van der Waals surface area contributed by atoms with Gasteiger partial charge in [-0.05, 0) is 18.6 Å². The van der Waals surface area contributed by atoms with Gasteiger partial charge in [-0.2, -0.15) is 0 Å². The summed E-state index contributed by atoms with van der Waals surface area (Å²) in [6, 6.07) is 7.90. The Kier molecular flexibility index (Phi) is 4.25. The van der Waals surface area contributed by atoms with Crippen molar-refractivity contribution in [2.24, 2.45) is 0 Å². The number of aryl methyl sites for hydroxylation is 1. The third-order valence-corrected chi connectivity index (χ3v) is 3.79. The van der Waals surface area contributed by atoms with Gasteiger partial charge in [0, 0.05) is 30.6 Å². The smallest absolute Gasteiger partial charge is 0.163 e. The molecule has 3 rings (SSSR count). The van der Waals surface area contributed by atoms with E-state index in [9.17, 15) is 0 Å². The van der Waals surface area contributed by atoms with Gasteiger partial charge in [0.15, 0.2) is 11.5 Å². The topological polar surface area (TPSA) is 35.4 Å². The summed E-state index contributed by atoms with van der Waals surface area (Å²) >= 11 is 6.30. The Morgan fingerprint density at radius 2 is 2.00 bits per heavy atom. The lowest BCUT2D eigenvalue weighted by Crippen LogP contribution is -2.15. The van der Waals surface area contributed by atoms with Crippen LogP contribution in [-0.2, 0) is 13.1 Å². The number of fused-ring (bicyclic) bond motifs is 1. The molecule has 1 aliphatic heterocycles. The van der Waals surface area contributed by atoms with Crippen LogP contribution in [0.4, 0.5) is 5.69 Å². The third kappa shape index (κ3) is 3.10. The zero-order chi connectivity index (χ0) is 14.7. The molecule has 1 N–H and O–H groups in total. The molecule has 0 aliphatic carbocycles. The van der Waals surface area contributed by atoms with Crippen molar-refractivity contribution < 1.29 is 9.47 Å². The Balaban J connectivity index is 1.74. The summed E-state index contributed by atoms with van der Waals surface area (Å²) in [6.07, 6.45) is 3.22. The van der Waals surface area contributed by atoms with Crippen LogP contribution in [0.15, 0.2) is 30.5 Å². The number of rotatable bonds is 5. The van der Waals surface area contributed by atoms with Crippen molar-refractivity contribution in [2.45, 2.75) is 26.4 Å². The van der Waals surface area contributed by atoms with Crippen LogP contribution in [0.2, 0.25) is 5.02 Å². The summed E-state index contributed by atoms with van der Waals surface area (Å²) < 4.78 is 13.4. The first-order valence-electron chi connectivity index (χ1n) is 7.25. The van der Waals surface area contributed by atoms with Crippen molar-refractivity contribution in [3.8, 4) is 11.5 Å². The van der Waals surface area contributed by atoms with Crippen molar-refractivity contribution >= 4 is 17.3 Å². The number of ether oxygens (including phenoxy) is 2. The second-order valence-electron chi connectivity index (χ2n) is 5.02. The third-order valence-electron chi connectivity index (χ3n) is 3.48. The summed E-state index contributed by atoms with van der Waals surface area (Å²) in [5.41, 5.74) is 2.10. The highest BCUT2D eigenvalue weighted by atomic mass is 35.5. The van der Waals surface area contributed by atoms with Gasteiger partial charge in [-0.15, -0.1) is 0 Å². The van der Waals surface area contributed by atoms with E-state index in [4.69, 9.17) is 21.1 Å². The van der Waals surface area contributed by atoms with Gasteiger partial charge in [0.1, 0.15) is 13.2 Å². The van der Waals surface area contributed by atoms with Gasteiger partial charge in [-0.3, -0.25) is 0 Å². The molecule has 0 unspecified atom stereocenters. The predicted octanol–water partition coefficient (Wildman–Crippen LogP) is 3.93. The largest absolute Gasteiger partial charge is 0.486 e. The van der Waals surface area contributed by atoms with Crippen LogP contribution < -0.4 is 14.8 Å². The fourth-order valence-electron chi connectivity index (χ4n) is 2.45. The van der Waals surface area contributed by atoms with Crippen molar-refractivity contribution in [1.82, 2.24) is 4.57 Å². The molecule has 21 heavy (non-hydrogen) atoms. The molecule has 5 heteroatoms. The minimum Gasteiger partial charge on any atom is -0.486 e. The highest BCUT2D eigenvalue weighted by Gasteiger charge is 2.15. The lowest BCUT2D eigenvalue weighted by Gasteiger charge is -2.20. The first-order valence-corrected chi connectivity index (χ1v) is 7.62. The molecule has 0 radical (unpaired) electrons. The molecular formula is C16H19ClN2O2. The maximum absolute atomic E-state index is 6.30. The molecule has 2 heterocycles. The first kappa shape index (κ1) is 14.1. The van der Waals surface area contributed by atoms with Gasteiger partial charge in [-0.1, -0.05) is 18.5 Å². The van der Waals surface area contributed by atoms with Crippen molar-refractivity contribution in [3.05, 3.63) is 41.2 Å². The SMILES string of the molecule is CCCn1cccc1CNc1cc2c(cc1Cl)OCCO2. The first-order chi connectivity index (χ1) is 10.3. The van der Waals surface area contributed by atoms with Crippen molar-refractivity contribution in [3.63, 3.8) is 0 Å². The second-order valence-corrected chi connectivity index (χ2v) is 5.43. The molecule has 0 fully saturated rings. The number of halogens is 1. The Morgan fingerprint density at radius 3 is 2.76 bits per heavy atom. The Hall–Kier alpha value is -1.81. The fraction of sp³-hybridized carbons (Fsp3) is 0.375. The number of nitrogens with one attached hydrogen (secondary N) is 1. The number of benzene rings is 1. The van der Waals surface area contributed by atoms with Gasteiger partial charge in [0.25, 0.3) is 0 Å². The molecule has 1 aliphatic rings. The Bertz CT molecular complexity index is 625. The Morgan fingerprint density at radius 1 is 1.24 bits per heavy atom. The van der Waals surface area contributed by atoms with E-state index in [-0.39, 0.29) is 0 Å². The molecule has 0 spiro atoms. The average molecular weight is 307 g/mol. The average Bonchev–Trinajstić information content (AvgIpc) is 2.93. The van der Waals surface area contributed by atoms with E-state index >= 15 is 0 Å². The van der Waals surface area contributed by atoms with Crippen LogP contribution in [-0.4, -0.2) is 17.8 Å². The summed E-state index contributed by atoms with van der Waals surface area (Å²) in [5, 5.41) is 4.02.